The lowest BCUT2D eigenvalue weighted by Gasteiger charge is -2.36. The molecule has 5 nitrogen and oxygen atoms in total. The van der Waals surface area contributed by atoms with E-state index in [4.69, 9.17) is 9.97 Å². The molecule has 0 unspecified atom stereocenters. The average molecular weight is 401 g/mol. The molecular weight excluding hydrogens is 372 g/mol. The molecule has 1 amide bonds. The number of carbonyl (C=O) groups is 1. The summed E-state index contributed by atoms with van der Waals surface area (Å²) in [6.07, 6.45) is 0.795. The molecule has 1 saturated heterocycles. The van der Waals surface area contributed by atoms with Crippen LogP contribution in [-0.2, 0) is 11.2 Å². The summed E-state index contributed by atoms with van der Waals surface area (Å²) in [6, 6.07) is 18.8. The summed E-state index contributed by atoms with van der Waals surface area (Å²) >= 11 is 0. The molecule has 154 valence electrons. The predicted molar refractivity (Wildman–Crippen MR) is 121 cm³/mol. The van der Waals surface area contributed by atoms with Gasteiger partial charge >= 0.3 is 0 Å². The van der Waals surface area contributed by atoms with Crippen LogP contribution in [-0.4, -0.2) is 47.0 Å². The van der Waals surface area contributed by atoms with Crippen LogP contribution in [0, 0.1) is 13.8 Å². The molecule has 1 fully saturated rings. The van der Waals surface area contributed by atoms with E-state index in [1.165, 1.54) is 11.1 Å². The highest BCUT2D eigenvalue weighted by molar-refractivity contribution is 5.73. The van der Waals surface area contributed by atoms with Crippen molar-refractivity contribution in [3.05, 3.63) is 77.0 Å². The minimum absolute atomic E-state index is 0.137. The third-order valence-corrected chi connectivity index (χ3v) is 5.75. The van der Waals surface area contributed by atoms with Gasteiger partial charge in [0, 0.05) is 56.3 Å². The maximum absolute atomic E-state index is 11.8. The molecule has 3 aromatic rings. The van der Waals surface area contributed by atoms with Gasteiger partial charge < -0.3 is 9.80 Å². The smallest absolute Gasteiger partial charge is 0.219 e. The van der Waals surface area contributed by atoms with Gasteiger partial charge in [0.15, 0.2) is 5.82 Å². The Morgan fingerprint density at radius 2 is 1.57 bits per heavy atom. The molecule has 5 heteroatoms. The van der Waals surface area contributed by atoms with Gasteiger partial charge in [-0.05, 0) is 19.4 Å². The summed E-state index contributed by atoms with van der Waals surface area (Å²) in [5, 5.41) is 0. The zero-order valence-corrected chi connectivity index (χ0v) is 17.9. The first-order valence-corrected chi connectivity index (χ1v) is 10.5. The minimum atomic E-state index is 0.137. The first kappa shape index (κ1) is 20.1. The Kier molecular flexibility index (Phi) is 5.79. The van der Waals surface area contributed by atoms with E-state index in [9.17, 15) is 4.79 Å². The van der Waals surface area contributed by atoms with Crippen molar-refractivity contribution in [2.24, 2.45) is 0 Å². The third kappa shape index (κ3) is 4.35. The van der Waals surface area contributed by atoms with Crippen molar-refractivity contribution in [2.45, 2.75) is 27.2 Å². The summed E-state index contributed by atoms with van der Waals surface area (Å²) in [4.78, 5) is 25.9. The van der Waals surface area contributed by atoms with Crippen molar-refractivity contribution in [3.63, 3.8) is 0 Å². The van der Waals surface area contributed by atoms with Crippen molar-refractivity contribution >= 4 is 11.7 Å². The third-order valence-electron chi connectivity index (χ3n) is 5.75. The van der Waals surface area contributed by atoms with Gasteiger partial charge in [0.05, 0.1) is 0 Å². The lowest BCUT2D eigenvalue weighted by molar-refractivity contribution is -0.129. The van der Waals surface area contributed by atoms with E-state index >= 15 is 0 Å². The second-order valence-electron chi connectivity index (χ2n) is 7.96. The highest BCUT2D eigenvalue weighted by Crippen LogP contribution is 2.28. The van der Waals surface area contributed by atoms with E-state index in [0.29, 0.717) is 0 Å². The minimum Gasteiger partial charge on any atom is -0.353 e. The Balaban J connectivity index is 1.73. The maximum atomic E-state index is 11.8. The van der Waals surface area contributed by atoms with Gasteiger partial charge in [-0.2, -0.15) is 0 Å². The van der Waals surface area contributed by atoms with Crippen molar-refractivity contribution < 1.29 is 4.79 Å². The molecule has 1 aliphatic rings. The number of hydrogen-bond donors (Lipinski definition) is 0. The highest BCUT2D eigenvalue weighted by Gasteiger charge is 2.24. The number of nitrogens with zero attached hydrogens (tertiary/aromatic N) is 4. The fraction of sp³-hybridized carbons (Fsp3) is 0.320. The number of piperazine rings is 1. The summed E-state index contributed by atoms with van der Waals surface area (Å²) in [6.45, 7) is 8.81. The van der Waals surface area contributed by atoms with Crippen LogP contribution in [0.4, 0.5) is 5.82 Å². The van der Waals surface area contributed by atoms with Crippen molar-refractivity contribution in [1.29, 1.82) is 0 Å². The van der Waals surface area contributed by atoms with Crippen LogP contribution in [0.2, 0.25) is 0 Å². The van der Waals surface area contributed by atoms with Crippen LogP contribution in [0.25, 0.3) is 11.4 Å². The molecule has 2 aromatic carbocycles. The summed E-state index contributed by atoms with van der Waals surface area (Å²) < 4.78 is 0. The SMILES string of the molecule is CC(=O)N1CCN(c2nc(-c3ccc(C)cc3)nc(C)c2Cc2ccccc2)CC1. The summed E-state index contributed by atoms with van der Waals surface area (Å²) in [5.74, 6) is 1.89. The molecule has 0 radical (unpaired) electrons. The van der Waals surface area contributed by atoms with E-state index in [1.54, 1.807) is 6.92 Å². The van der Waals surface area contributed by atoms with Gasteiger partial charge in [0.1, 0.15) is 5.82 Å². The zero-order chi connectivity index (χ0) is 21.1. The first-order chi connectivity index (χ1) is 14.5. The monoisotopic (exact) mass is 400 g/mol. The summed E-state index contributed by atoms with van der Waals surface area (Å²) in [7, 11) is 0. The number of amides is 1. The second kappa shape index (κ2) is 8.66. The normalized spacial score (nSPS) is 14.1. The first-order valence-electron chi connectivity index (χ1n) is 10.5. The highest BCUT2D eigenvalue weighted by atomic mass is 16.2. The Bertz CT molecular complexity index is 1020. The number of benzene rings is 2. The van der Waals surface area contributed by atoms with Crippen molar-refractivity contribution in [1.82, 2.24) is 14.9 Å². The van der Waals surface area contributed by atoms with Gasteiger partial charge in [0.25, 0.3) is 0 Å². The lowest BCUT2D eigenvalue weighted by atomic mass is 10.0. The van der Waals surface area contributed by atoms with Crippen molar-refractivity contribution in [3.8, 4) is 11.4 Å². The van der Waals surface area contributed by atoms with Gasteiger partial charge in [-0.3, -0.25) is 4.79 Å². The fourth-order valence-corrected chi connectivity index (χ4v) is 3.91. The Morgan fingerprint density at radius 3 is 2.20 bits per heavy atom. The van der Waals surface area contributed by atoms with E-state index in [1.807, 2.05) is 11.0 Å². The van der Waals surface area contributed by atoms with Gasteiger partial charge in [-0.25, -0.2) is 9.97 Å². The van der Waals surface area contributed by atoms with Gasteiger partial charge in [0.2, 0.25) is 5.91 Å². The molecule has 1 aromatic heterocycles. The van der Waals surface area contributed by atoms with Crippen LogP contribution in [0.5, 0.6) is 0 Å². The molecule has 0 aliphatic carbocycles. The molecule has 0 bridgehead atoms. The average Bonchev–Trinajstić information content (AvgIpc) is 2.76. The number of rotatable bonds is 4. The quantitative estimate of drug-likeness (QED) is 0.664. The fourth-order valence-electron chi connectivity index (χ4n) is 3.91. The van der Waals surface area contributed by atoms with E-state index in [2.05, 4.69) is 67.3 Å². The van der Waals surface area contributed by atoms with E-state index in [0.717, 1.165) is 61.1 Å². The number of aromatic nitrogens is 2. The molecule has 0 saturated carbocycles. The van der Waals surface area contributed by atoms with Crippen LogP contribution < -0.4 is 4.90 Å². The maximum Gasteiger partial charge on any atom is 0.219 e. The van der Waals surface area contributed by atoms with Crippen molar-refractivity contribution in [2.75, 3.05) is 31.1 Å². The van der Waals surface area contributed by atoms with Gasteiger partial charge in [-0.15, -0.1) is 0 Å². The Labute approximate surface area is 178 Å². The zero-order valence-electron chi connectivity index (χ0n) is 17.9. The molecule has 1 aliphatic heterocycles. The largest absolute Gasteiger partial charge is 0.353 e. The van der Waals surface area contributed by atoms with Gasteiger partial charge in [-0.1, -0.05) is 60.2 Å². The summed E-state index contributed by atoms with van der Waals surface area (Å²) in [5.41, 5.74) is 5.66. The number of anilines is 1. The number of carbonyl (C=O) groups excluding carboxylic acids is 1. The molecule has 0 atom stereocenters. The van der Waals surface area contributed by atoms with Crippen LogP contribution >= 0.6 is 0 Å². The predicted octanol–water partition coefficient (Wildman–Crippen LogP) is 4.02. The molecule has 2 heterocycles. The molecule has 0 N–H and O–H groups in total. The molecule has 30 heavy (non-hydrogen) atoms. The standard InChI is InChI=1S/C25H28N4O/c1-18-9-11-22(12-10-18)24-26-19(2)23(17-21-7-5-4-6-8-21)25(27-24)29-15-13-28(14-16-29)20(3)30/h4-12H,13-17H2,1-3H3. The number of hydrogen-bond acceptors (Lipinski definition) is 4. The molecule has 0 spiro atoms. The lowest BCUT2D eigenvalue weighted by Crippen LogP contribution is -2.48. The Hall–Kier alpha value is -3.21. The Morgan fingerprint density at radius 1 is 0.900 bits per heavy atom. The second-order valence-corrected chi connectivity index (χ2v) is 7.96. The molecule has 4 rings (SSSR count). The van der Waals surface area contributed by atoms with E-state index < -0.39 is 0 Å². The van der Waals surface area contributed by atoms with E-state index in [-0.39, 0.29) is 5.91 Å². The van der Waals surface area contributed by atoms with Crippen LogP contribution in [0.15, 0.2) is 54.6 Å². The topological polar surface area (TPSA) is 49.3 Å². The van der Waals surface area contributed by atoms with Crippen LogP contribution in [0.1, 0.15) is 29.3 Å². The molecular formula is C25H28N4O. The van der Waals surface area contributed by atoms with Crippen LogP contribution in [0.3, 0.4) is 0 Å². The number of aryl methyl sites for hydroxylation is 2.